The quantitative estimate of drug-likeness (QED) is 0.861. The van der Waals surface area contributed by atoms with E-state index < -0.39 is 5.82 Å². The van der Waals surface area contributed by atoms with E-state index in [9.17, 15) is 4.39 Å². The summed E-state index contributed by atoms with van der Waals surface area (Å²) in [6.07, 6.45) is 1.78. The van der Waals surface area contributed by atoms with Crippen LogP contribution in [0, 0.1) is 5.82 Å². The molecule has 2 N–H and O–H groups in total. The zero-order valence-corrected chi connectivity index (χ0v) is 11.4. The molecule has 6 heteroatoms. The summed E-state index contributed by atoms with van der Waals surface area (Å²) < 4.78 is 15.3. The molecule has 1 aromatic carbocycles. The van der Waals surface area contributed by atoms with Crippen LogP contribution in [0.1, 0.15) is 33.6 Å². The average Bonchev–Trinajstić information content (AvgIpc) is 2.91. The number of nitrogens with two attached hydrogens (primary N) is 1. The standard InChI is InChI=1S/C13H18FN5/c1-4-13(3,5-2)19-12(16-17-18-19)9-6-7-11(15)10(14)8-9/h6-8H,4-5,15H2,1-3H3. The Morgan fingerprint density at radius 1 is 1.32 bits per heavy atom. The van der Waals surface area contributed by atoms with Crippen LogP contribution in [-0.4, -0.2) is 20.2 Å². The molecule has 0 bridgehead atoms. The Labute approximate surface area is 111 Å². The number of nitrogen functional groups attached to an aromatic ring is 1. The minimum Gasteiger partial charge on any atom is -0.396 e. The van der Waals surface area contributed by atoms with Gasteiger partial charge in [0.05, 0.1) is 11.2 Å². The van der Waals surface area contributed by atoms with Gasteiger partial charge in [-0.15, -0.1) is 5.10 Å². The van der Waals surface area contributed by atoms with Gasteiger partial charge in [-0.05, 0) is 48.4 Å². The molecule has 19 heavy (non-hydrogen) atoms. The number of anilines is 1. The van der Waals surface area contributed by atoms with Crippen molar-refractivity contribution in [2.75, 3.05) is 5.73 Å². The van der Waals surface area contributed by atoms with E-state index in [1.54, 1.807) is 10.7 Å². The molecule has 2 aromatic rings. The van der Waals surface area contributed by atoms with Crippen molar-refractivity contribution in [2.45, 2.75) is 39.2 Å². The Kier molecular flexibility index (Phi) is 3.50. The summed E-state index contributed by atoms with van der Waals surface area (Å²) >= 11 is 0. The van der Waals surface area contributed by atoms with Crippen LogP contribution >= 0.6 is 0 Å². The molecule has 102 valence electrons. The minimum atomic E-state index is -0.457. The van der Waals surface area contributed by atoms with Gasteiger partial charge in [-0.25, -0.2) is 9.07 Å². The maximum Gasteiger partial charge on any atom is 0.182 e. The first-order chi connectivity index (χ1) is 9.01. The van der Waals surface area contributed by atoms with Crippen LogP contribution < -0.4 is 5.73 Å². The molecule has 5 nitrogen and oxygen atoms in total. The van der Waals surface area contributed by atoms with Crippen LogP contribution in [-0.2, 0) is 5.54 Å². The molecule has 0 aliphatic heterocycles. The number of nitrogens with zero attached hydrogens (tertiary/aromatic N) is 4. The monoisotopic (exact) mass is 263 g/mol. The number of aromatic nitrogens is 4. The summed E-state index contributed by atoms with van der Waals surface area (Å²) in [6.45, 7) is 6.25. The van der Waals surface area contributed by atoms with E-state index in [-0.39, 0.29) is 11.2 Å². The van der Waals surface area contributed by atoms with Crippen molar-refractivity contribution in [1.82, 2.24) is 20.2 Å². The number of tetrazole rings is 1. The highest BCUT2D eigenvalue weighted by Gasteiger charge is 2.27. The van der Waals surface area contributed by atoms with Gasteiger partial charge >= 0.3 is 0 Å². The average molecular weight is 263 g/mol. The number of hydrogen-bond acceptors (Lipinski definition) is 4. The summed E-state index contributed by atoms with van der Waals surface area (Å²) in [5.74, 6) is 0.104. The van der Waals surface area contributed by atoms with Gasteiger partial charge in [0, 0.05) is 5.56 Å². The van der Waals surface area contributed by atoms with E-state index >= 15 is 0 Å². The Hall–Kier alpha value is -1.98. The second-order valence-corrected chi connectivity index (χ2v) is 4.85. The molecular weight excluding hydrogens is 245 g/mol. The van der Waals surface area contributed by atoms with Gasteiger partial charge in [0.1, 0.15) is 5.82 Å². The second-order valence-electron chi connectivity index (χ2n) is 4.85. The predicted octanol–water partition coefficient (Wildman–Crippen LogP) is 2.60. The Bertz CT molecular complexity index is 574. The molecule has 0 saturated heterocycles. The van der Waals surface area contributed by atoms with Gasteiger partial charge in [-0.1, -0.05) is 13.8 Å². The predicted molar refractivity (Wildman–Crippen MR) is 71.9 cm³/mol. The summed E-state index contributed by atoms with van der Waals surface area (Å²) in [6, 6.07) is 4.62. The largest absolute Gasteiger partial charge is 0.396 e. The second kappa shape index (κ2) is 4.95. The molecule has 0 radical (unpaired) electrons. The fraction of sp³-hybridized carbons (Fsp3) is 0.462. The topological polar surface area (TPSA) is 69.6 Å². The Morgan fingerprint density at radius 3 is 2.58 bits per heavy atom. The fourth-order valence-corrected chi connectivity index (χ4v) is 1.95. The van der Waals surface area contributed by atoms with E-state index in [2.05, 4.69) is 36.3 Å². The normalized spacial score (nSPS) is 11.8. The summed E-state index contributed by atoms with van der Waals surface area (Å²) in [7, 11) is 0. The van der Waals surface area contributed by atoms with E-state index in [0.29, 0.717) is 11.4 Å². The lowest BCUT2D eigenvalue weighted by molar-refractivity contribution is 0.262. The van der Waals surface area contributed by atoms with Crippen molar-refractivity contribution >= 4 is 5.69 Å². The van der Waals surface area contributed by atoms with Crippen molar-refractivity contribution in [3.05, 3.63) is 24.0 Å². The van der Waals surface area contributed by atoms with Crippen molar-refractivity contribution in [2.24, 2.45) is 0 Å². The molecule has 2 rings (SSSR count). The highest BCUT2D eigenvalue weighted by molar-refractivity contribution is 5.59. The molecule has 0 saturated carbocycles. The molecule has 0 atom stereocenters. The highest BCUT2D eigenvalue weighted by Crippen LogP contribution is 2.29. The van der Waals surface area contributed by atoms with Crippen LogP contribution in [0.3, 0.4) is 0 Å². The highest BCUT2D eigenvalue weighted by atomic mass is 19.1. The maximum absolute atomic E-state index is 13.6. The Morgan fingerprint density at radius 2 is 2.00 bits per heavy atom. The van der Waals surface area contributed by atoms with Crippen LogP contribution in [0.2, 0.25) is 0 Å². The number of rotatable bonds is 4. The minimum absolute atomic E-state index is 0.122. The van der Waals surface area contributed by atoms with Crippen LogP contribution in [0.25, 0.3) is 11.4 Å². The third-order valence-corrected chi connectivity index (χ3v) is 3.76. The van der Waals surface area contributed by atoms with Crippen molar-refractivity contribution in [3.8, 4) is 11.4 Å². The molecule has 0 unspecified atom stereocenters. The van der Waals surface area contributed by atoms with Gasteiger partial charge in [-0.2, -0.15) is 0 Å². The van der Waals surface area contributed by atoms with E-state index in [1.165, 1.54) is 12.1 Å². The molecule has 0 spiro atoms. The zero-order valence-electron chi connectivity index (χ0n) is 11.4. The number of halogens is 1. The summed E-state index contributed by atoms with van der Waals surface area (Å²) in [5.41, 5.74) is 6.05. The lowest BCUT2D eigenvalue weighted by Gasteiger charge is -2.27. The van der Waals surface area contributed by atoms with Gasteiger partial charge in [0.25, 0.3) is 0 Å². The Balaban J connectivity index is 2.52. The molecule has 0 aliphatic rings. The van der Waals surface area contributed by atoms with Gasteiger partial charge < -0.3 is 5.73 Å². The van der Waals surface area contributed by atoms with Gasteiger partial charge in [0.2, 0.25) is 0 Å². The van der Waals surface area contributed by atoms with Crippen LogP contribution in [0.4, 0.5) is 10.1 Å². The van der Waals surface area contributed by atoms with Crippen LogP contribution in [0.15, 0.2) is 18.2 Å². The van der Waals surface area contributed by atoms with Gasteiger partial charge in [0.15, 0.2) is 5.82 Å². The third-order valence-electron chi connectivity index (χ3n) is 3.76. The van der Waals surface area contributed by atoms with Crippen molar-refractivity contribution in [1.29, 1.82) is 0 Å². The van der Waals surface area contributed by atoms with E-state index in [0.717, 1.165) is 12.8 Å². The summed E-state index contributed by atoms with van der Waals surface area (Å²) in [5, 5.41) is 11.8. The number of hydrogen-bond donors (Lipinski definition) is 1. The summed E-state index contributed by atoms with van der Waals surface area (Å²) in [4.78, 5) is 0. The maximum atomic E-state index is 13.6. The number of benzene rings is 1. The smallest absolute Gasteiger partial charge is 0.182 e. The molecule has 1 aromatic heterocycles. The lowest BCUT2D eigenvalue weighted by atomic mass is 9.95. The van der Waals surface area contributed by atoms with Crippen molar-refractivity contribution in [3.63, 3.8) is 0 Å². The van der Waals surface area contributed by atoms with Gasteiger partial charge in [-0.3, -0.25) is 0 Å². The fourth-order valence-electron chi connectivity index (χ4n) is 1.95. The first kappa shape index (κ1) is 13.5. The molecular formula is C13H18FN5. The molecule has 0 aliphatic carbocycles. The first-order valence-corrected chi connectivity index (χ1v) is 6.36. The molecule has 0 amide bonds. The SMILES string of the molecule is CCC(C)(CC)n1nnnc1-c1ccc(N)c(F)c1. The van der Waals surface area contributed by atoms with Crippen LogP contribution in [0.5, 0.6) is 0 Å². The molecule has 0 fully saturated rings. The van der Waals surface area contributed by atoms with E-state index in [4.69, 9.17) is 5.73 Å². The van der Waals surface area contributed by atoms with E-state index in [1.807, 2.05) is 0 Å². The third kappa shape index (κ3) is 2.30. The lowest BCUT2D eigenvalue weighted by Crippen LogP contribution is -2.30. The first-order valence-electron chi connectivity index (χ1n) is 6.36. The molecule has 1 heterocycles. The zero-order chi connectivity index (χ0) is 14.0. The van der Waals surface area contributed by atoms with Crippen molar-refractivity contribution < 1.29 is 4.39 Å².